The Morgan fingerprint density at radius 2 is 1.66 bits per heavy atom. The predicted octanol–water partition coefficient (Wildman–Crippen LogP) is 7.67. The third-order valence-electron chi connectivity index (χ3n) is 6.50. The zero-order valence-corrected chi connectivity index (χ0v) is 23.7. The monoisotopic (exact) mass is 532 g/mol. The van der Waals surface area contributed by atoms with E-state index in [1.165, 1.54) is 54.3 Å². The van der Waals surface area contributed by atoms with Gasteiger partial charge in [0, 0.05) is 36.5 Å². The summed E-state index contributed by atoms with van der Waals surface area (Å²) in [5, 5.41) is 9.14. The molecule has 0 bridgehead atoms. The molecule has 0 aliphatic rings. The Bertz CT molecular complexity index is 1180. The SMILES string of the molecule is COc1ccc(CCCCCCCCc2ccc(CSc3cccc(N(C)C)c3)nc2/C=C/C(=O)O)cc1. The number of methoxy groups -OCH3 is 1. The van der Waals surface area contributed by atoms with E-state index in [0.717, 1.165) is 47.7 Å². The first-order chi connectivity index (χ1) is 18.4. The molecule has 0 amide bonds. The fourth-order valence-electron chi connectivity index (χ4n) is 4.28. The summed E-state index contributed by atoms with van der Waals surface area (Å²) in [6.45, 7) is 0. The summed E-state index contributed by atoms with van der Waals surface area (Å²) < 4.78 is 5.22. The summed E-state index contributed by atoms with van der Waals surface area (Å²) >= 11 is 1.74. The number of aromatic nitrogens is 1. The van der Waals surface area contributed by atoms with Crippen LogP contribution >= 0.6 is 11.8 Å². The Morgan fingerprint density at radius 3 is 2.34 bits per heavy atom. The van der Waals surface area contributed by atoms with Crippen LogP contribution in [-0.4, -0.2) is 37.3 Å². The second-order valence-electron chi connectivity index (χ2n) is 9.67. The third-order valence-corrected chi connectivity index (χ3v) is 7.52. The molecular weight excluding hydrogens is 492 g/mol. The number of unbranched alkanes of at least 4 members (excludes halogenated alkanes) is 5. The molecule has 3 aromatic rings. The number of ether oxygens (including phenoxy) is 1. The lowest BCUT2D eigenvalue weighted by atomic mass is 10.0. The van der Waals surface area contributed by atoms with Crippen LogP contribution in [0.5, 0.6) is 5.75 Å². The van der Waals surface area contributed by atoms with E-state index >= 15 is 0 Å². The molecule has 0 saturated carbocycles. The fourth-order valence-corrected chi connectivity index (χ4v) is 5.14. The topological polar surface area (TPSA) is 62.7 Å². The first-order valence-electron chi connectivity index (χ1n) is 13.4. The van der Waals surface area contributed by atoms with E-state index in [1.54, 1.807) is 24.9 Å². The molecule has 2 aromatic carbocycles. The molecule has 0 atom stereocenters. The number of aliphatic carboxylic acids is 1. The zero-order chi connectivity index (χ0) is 27.2. The zero-order valence-electron chi connectivity index (χ0n) is 22.9. The highest BCUT2D eigenvalue weighted by molar-refractivity contribution is 7.98. The average molecular weight is 533 g/mol. The van der Waals surface area contributed by atoms with Crippen LogP contribution in [0.15, 0.2) is 71.6 Å². The summed E-state index contributed by atoms with van der Waals surface area (Å²) in [4.78, 5) is 19.2. The van der Waals surface area contributed by atoms with Gasteiger partial charge < -0.3 is 14.7 Å². The van der Waals surface area contributed by atoms with Crippen molar-refractivity contribution in [1.29, 1.82) is 0 Å². The Kier molecular flexibility index (Phi) is 12.2. The molecule has 3 rings (SSSR count). The van der Waals surface area contributed by atoms with Crippen molar-refractivity contribution in [3.05, 3.63) is 89.3 Å². The molecule has 0 radical (unpaired) electrons. The molecule has 0 aliphatic carbocycles. The maximum absolute atomic E-state index is 11.1. The molecule has 0 aliphatic heterocycles. The largest absolute Gasteiger partial charge is 0.497 e. The Balaban J connectivity index is 1.44. The highest BCUT2D eigenvalue weighted by Crippen LogP contribution is 2.26. The number of hydrogen-bond donors (Lipinski definition) is 1. The molecule has 38 heavy (non-hydrogen) atoms. The van der Waals surface area contributed by atoms with Gasteiger partial charge in [-0.15, -0.1) is 11.8 Å². The van der Waals surface area contributed by atoms with Gasteiger partial charge in [0.1, 0.15) is 5.75 Å². The van der Waals surface area contributed by atoms with Crippen LogP contribution in [0.4, 0.5) is 5.69 Å². The number of rotatable bonds is 16. The number of benzene rings is 2. The van der Waals surface area contributed by atoms with Crippen LogP contribution in [0.3, 0.4) is 0 Å². The number of carbonyl (C=O) groups is 1. The minimum Gasteiger partial charge on any atom is -0.497 e. The average Bonchev–Trinajstić information content (AvgIpc) is 2.93. The quantitative estimate of drug-likeness (QED) is 0.116. The number of carboxylic acid groups (broad SMARTS) is 1. The molecule has 1 aromatic heterocycles. The van der Waals surface area contributed by atoms with Gasteiger partial charge in [0.15, 0.2) is 0 Å². The van der Waals surface area contributed by atoms with Crippen LogP contribution in [0.2, 0.25) is 0 Å². The lowest BCUT2D eigenvalue weighted by Crippen LogP contribution is -2.08. The smallest absolute Gasteiger partial charge is 0.328 e. The van der Waals surface area contributed by atoms with Crippen molar-refractivity contribution in [2.45, 2.75) is 62.0 Å². The second-order valence-corrected chi connectivity index (χ2v) is 10.7. The minimum absolute atomic E-state index is 0.738. The summed E-state index contributed by atoms with van der Waals surface area (Å²) in [7, 11) is 5.77. The lowest BCUT2D eigenvalue weighted by Gasteiger charge is -2.13. The fraction of sp³-hybridized carbons (Fsp3) is 0.375. The highest BCUT2D eigenvalue weighted by Gasteiger charge is 2.07. The van der Waals surface area contributed by atoms with Crippen LogP contribution < -0.4 is 9.64 Å². The number of carboxylic acids is 1. The van der Waals surface area contributed by atoms with Gasteiger partial charge in [-0.3, -0.25) is 4.98 Å². The van der Waals surface area contributed by atoms with Gasteiger partial charge >= 0.3 is 5.97 Å². The third kappa shape index (κ3) is 10.3. The maximum Gasteiger partial charge on any atom is 0.328 e. The summed E-state index contributed by atoms with van der Waals surface area (Å²) in [5.74, 6) is 0.694. The molecular formula is C32H40N2O3S. The number of aryl methyl sites for hydroxylation is 2. The summed E-state index contributed by atoms with van der Waals surface area (Å²) in [6, 6.07) is 21.0. The van der Waals surface area contributed by atoms with E-state index in [-0.39, 0.29) is 0 Å². The van der Waals surface area contributed by atoms with E-state index in [0.29, 0.717) is 0 Å². The van der Waals surface area contributed by atoms with Crippen LogP contribution in [0, 0.1) is 0 Å². The Hall–Kier alpha value is -3.25. The second kappa shape index (κ2) is 15.9. The molecule has 1 N–H and O–H groups in total. The normalized spacial score (nSPS) is 11.1. The van der Waals surface area contributed by atoms with Gasteiger partial charge in [-0.25, -0.2) is 4.79 Å². The number of hydrogen-bond acceptors (Lipinski definition) is 5. The van der Waals surface area contributed by atoms with Crippen molar-refractivity contribution in [2.24, 2.45) is 0 Å². The first kappa shape index (κ1) is 29.3. The Morgan fingerprint density at radius 1 is 0.947 bits per heavy atom. The molecule has 0 saturated heterocycles. The predicted molar refractivity (Wildman–Crippen MR) is 159 cm³/mol. The van der Waals surface area contributed by atoms with Crippen LogP contribution in [-0.2, 0) is 23.4 Å². The summed E-state index contributed by atoms with van der Waals surface area (Å²) in [6.07, 6.45) is 12.0. The van der Waals surface area contributed by atoms with Gasteiger partial charge in [0.05, 0.1) is 18.5 Å². The summed E-state index contributed by atoms with van der Waals surface area (Å²) in [5.41, 5.74) is 5.37. The van der Waals surface area contributed by atoms with Gasteiger partial charge in [0.2, 0.25) is 0 Å². The molecule has 5 nitrogen and oxygen atoms in total. The van der Waals surface area contributed by atoms with E-state index < -0.39 is 5.97 Å². The van der Waals surface area contributed by atoms with Crippen molar-refractivity contribution in [3.8, 4) is 5.75 Å². The lowest BCUT2D eigenvalue weighted by molar-refractivity contribution is -0.131. The van der Waals surface area contributed by atoms with Gasteiger partial charge in [-0.2, -0.15) is 0 Å². The molecule has 6 heteroatoms. The van der Waals surface area contributed by atoms with Crippen LogP contribution in [0.1, 0.15) is 61.0 Å². The molecule has 0 fully saturated rings. The standard InChI is InChI=1S/C32H40N2O3S/c1-34(2)28-13-10-14-30(23-28)38-24-27-18-17-26(31(33-27)21-22-32(35)36)12-9-7-5-4-6-8-11-25-15-19-29(37-3)20-16-25/h10,13-23H,4-9,11-12,24H2,1-3H3,(H,35,36)/b22-21+. The van der Waals surface area contributed by atoms with E-state index in [4.69, 9.17) is 14.8 Å². The van der Waals surface area contributed by atoms with Crippen molar-refractivity contribution >= 4 is 29.5 Å². The van der Waals surface area contributed by atoms with Gasteiger partial charge in [-0.1, -0.05) is 49.9 Å². The Labute approximate surface area is 232 Å². The van der Waals surface area contributed by atoms with E-state index in [1.807, 2.05) is 26.2 Å². The number of anilines is 1. The van der Waals surface area contributed by atoms with Crippen LogP contribution in [0.25, 0.3) is 6.08 Å². The number of nitrogens with zero attached hydrogens (tertiary/aromatic N) is 2. The number of pyridine rings is 1. The van der Waals surface area contributed by atoms with Gasteiger partial charge in [-0.05, 0) is 79.3 Å². The highest BCUT2D eigenvalue weighted by atomic mass is 32.2. The van der Waals surface area contributed by atoms with Crippen molar-refractivity contribution in [1.82, 2.24) is 4.98 Å². The molecule has 0 unspecified atom stereocenters. The van der Waals surface area contributed by atoms with Crippen molar-refractivity contribution < 1.29 is 14.6 Å². The minimum atomic E-state index is -0.951. The molecule has 1 heterocycles. The molecule has 202 valence electrons. The first-order valence-corrected chi connectivity index (χ1v) is 14.4. The number of thioether (sulfide) groups is 1. The van der Waals surface area contributed by atoms with E-state index in [2.05, 4.69) is 53.4 Å². The van der Waals surface area contributed by atoms with Crippen molar-refractivity contribution in [3.63, 3.8) is 0 Å². The van der Waals surface area contributed by atoms with E-state index in [9.17, 15) is 4.79 Å². The molecule has 0 spiro atoms. The maximum atomic E-state index is 11.1. The van der Waals surface area contributed by atoms with Gasteiger partial charge in [0.25, 0.3) is 0 Å². The van der Waals surface area contributed by atoms with Crippen molar-refractivity contribution in [2.75, 3.05) is 26.1 Å².